The average molecular weight is 635 g/mol. The Kier molecular flexibility index (Phi) is 10.1. The third kappa shape index (κ3) is 7.08. The molecule has 0 unspecified atom stereocenters. The van der Waals surface area contributed by atoms with Gasteiger partial charge in [0.05, 0.1) is 0 Å². The summed E-state index contributed by atoms with van der Waals surface area (Å²) in [5.74, 6) is -16.0. The highest BCUT2D eigenvalue weighted by Gasteiger charge is 2.42. The van der Waals surface area contributed by atoms with Crippen molar-refractivity contribution >= 4 is 18.2 Å². The number of unbranched alkanes of at least 4 members (excludes halogenated alkanes) is 1. The van der Waals surface area contributed by atoms with E-state index >= 15 is 0 Å². The van der Waals surface area contributed by atoms with Gasteiger partial charge in [0.25, 0.3) is 0 Å². The van der Waals surface area contributed by atoms with Crippen LogP contribution in [0.5, 0.6) is 5.75 Å². The number of nitrogens with zero attached hydrogens (tertiary/aromatic N) is 1. The highest BCUT2D eigenvalue weighted by molar-refractivity contribution is 5.94. The number of carbonyl (C=O) groups excluding carboxylic acids is 3. The molecule has 1 aliphatic carbocycles. The molecule has 3 aromatic carbocycles. The summed E-state index contributed by atoms with van der Waals surface area (Å²) in [6.07, 6.45) is -2.73. The number of halogens is 5. The largest absolute Gasteiger partial charge is 0.448 e. The average Bonchev–Trinajstić information content (AvgIpc) is 3.32. The van der Waals surface area contributed by atoms with E-state index in [2.05, 4.69) is 4.74 Å². The number of fused-ring (bicyclic) bond motifs is 3. The van der Waals surface area contributed by atoms with Crippen molar-refractivity contribution in [2.75, 3.05) is 13.2 Å². The lowest BCUT2D eigenvalue weighted by Gasteiger charge is -2.30. The number of esters is 1. The van der Waals surface area contributed by atoms with Gasteiger partial charge in [0.2, 0.25) is 34.8 Å². The van der Waals surface area contributed by atoms with Crippen molar-refractivity contribution in [3.8, 4) is 16.9 Å². The van der Waals surface area contributed by atoms with E-state index in [0.29, 0.717) is 0 Å². The molecular weight excluding hydrogens is 603 g/mol. The van der Waals surface area contributed by atoms with Crippen molar-refractivity contribution in [3.63, 3.8) is 0 Å². The molecule has 2 amide bonds. The Hall–Kier alpha value is -4.52. The topological polar surface area (TPSA) is 108 Å². The van der Waals surface area contributed by atoms with E-state index in [1.54, 1.807) is 0 Å². The lowest BCUT2D eigenvalue weighted by molar-refractivity contribution is -0.140. The Balaban J connectivity index is 1.68. The fourth-order valence-corrected chi connectivity index (χ4v) is 4.98. The van der Waals surface area contributed by atoms with E-state index < -0.39 is 70.6 Å². The molecule has 0 heterocycles. The van der Waals surface area contributed by atoms with Crippen LogP contribution in [0.3, 0.4) is 0 Å². The lowest BCUT2D eigenvalue weighted by Crippen LogP contribution is -2.52. The van der Waals surface area contributed by atoms with Gasteiger partial charge < -0.3 is 19.9 Å². The minimum Gasteiger partial charge on any atom is -0.448 e. The molecule has 0 aliphatic heterocycles. The molecule has 13 heteroatoms. The second-order valence-corrected chi connectivity index (χ2v) is 11.3. The molecule has 0 bridgehead atoms. The number of hydrogen-bond donors (Lipinski definition) is 1. The van der Waals surface area contributed by atoms with Crippen LogP contribution in [0.1, 0.15) is 57.1 Å². The van der Waals surface area contributed by atoms with Crippen LogP contribution in [0.25, 0.3) is 11.1 Å². The molecule has 0 spiro atoms. The number of amides is 2. The van der Waals surface area contributed by atoms with Gasteiger partial charge in [-0.3, -0.25) is 0 Å². The molecule has 0 aromatic heterocycles. The fourth-order valence-electron chi connectivity index (χ4n) is 4.98. The monoisotopic (exact) mass is 634 g/mol. The van der Waals surface area contributed by atoms with Gasteiger partial charge >= 0.3 is 18.2 Å². The molecule has 0 saturated heterocycles. The van der Waals surface area contributed by atoms with Gasteiger partial charge in [0.15, 0.2) is 0 Å². The zero-order valence-corrected chi connectivity index (χ0v) is 24.7. The number of nitrogens with two attached hydrogens (primary N) is 1. The Bertz CT molecular complexity index is 1530. The van der Waals surface area contributed by atoms with Gasteiger partial charge in [-0.05, 0) is 68.8 Å². The summed E-state index contributed by atoms with van der Waals surface area (Å²) in [7, 11) is 0. The van der Waals surface area contributed by atoms with Gasteiger partial charge in [-0.1, -0.05) is 48.5 Å². The summed E-state index contributed by atoms with van der Waals surface area (Å²) in [6.45, 7) is 4.30. The summed E-state index contributed by atoms with van der Waals surface area (Å²) in [6, 6.07) is 12.9. The summed E-state index contributed by atoms with van der Waals surface area (Å²) in [4.78, 5) is 40.6. The first kappa shape index (κ1) is 33.4. The van der Waals surface area contributed by atoms with Crippen molar-refractivity contribution in [2.24, 2.45) is 5.73 Å². The highest BCUT2D eigenvalue weighted by Crippen LogP contribution is 2.44. The number of hydrogen-bond acceptors (Lipinski definition) is 7. The predicted octanol–water partition coefficient (Wildman–Crippen LogP) is 6.97. The predicted molar refractivity (Wildman–Crippen MR) is 152 cm³/mol. The van der Waals surface area contributed by atoms with Crippen LogP contribution in [-0.2, 0) is 14.3 Å². The second kappa shape index (κ2) is 13.6. The molecule has 0 saturated carbocycles. The zero-order valence-electron chi connectivity index (χ0n) is 24.7. The third-order valence-corrected chi connectivity index (χ3v) is 7.01. The third-order valence-electron chi connectivity index (χ3n) is 7.01. The van der Waals surface area contributed by atoms with E-state index in [0.717, 1.165) is 22.3 Å². The van der Waals surface area contributed by atoms with Crippen molar-refractivity contribution < 1.29 is 50.5 Å². The number of benzene rings is 3. The van der Waals surface area contributed by atoms with Gasteiger partial charge in [-0.2, -0.15) is 13.7 Å². The van der Waals surface area contributed by atoms with E-state index in [1.807, 2.05) is 48.5 Å². The number of carbonyl (C=O) groups is 3. The van der Waals surface area contributed by atoms with Crippen molar-refractivity contribution in [3.05, 3.63) is 88.7 Å². The maximum Gasteiger partial charge on any atom is 0.420 e. The van der Waals surface area contributed by atoms with E-state index in [4.69, 9.17) is 15.2 Å². The molecule has 8 nitrogen and oxygen atoms in total. The van der Waals surface area contributed by atoms with Gasteiger partial charge in [-0.25, -0.2) is 27.6 Å². The van der Waals surface area contributed by atoms with Gasteiger partial charge in [0.1, 0.15) is 18.2 Å². The van der Waals surface area contributed by atoms with Gasteiger partial charge in [0, 0.05) is 5.92 Å². The van der Waals surface area contributed by atoms with E-state index in [-0.39, 0.29) is 37.3 Å². The number of ether oxygens (including phenoxy) is 3. The van der Waals surface area contributed by atoms with Crippen LogP contribution >= 0.6 is 0 Å². The quantitative estimate of drug-likeness (QED) is 0.0676. The molecule has 1 aliphatic rings. The maximum atomic E-state index is 14.4. The summed E-state index contributed by atoms with van der Waals surface area (Å²) < 4.78 is 85.6. The Morgan fingerprint density at radius 3 is 1.82 bits per heavy atom. The van der Waals surface area contributed by atoms with Crippen molar-refractivity contribution in [1.29, 1.82) is 0 Å². The zero-order chi connectivity index (χ0) is 33.1. The normalized spacial score (nSPS) is 13.1. The van der Waals surface area contributed by atoms with Crippen LogP contribution in [0.2, 0.25) is 0 Å². The lowest BCUT2D eigenvalue weighted by atomic mass is 9.98. The molecule has 2 N–H and O–H groups in total. The van der Waals surface area contributed by atoms with Crippen molar-refractivity contribution in [1.82, 2.24) is 4.90 Å². The second-order valence-electron chi connectivity index (χ2n) is 11.3. The number of imide groups is 1. The molecule has 0 radical (unpaired) electrons. The molecular formula is C32H31F5N2O6. The van der Waals surface area contributed by atoms with Gasteiger partial charge in [-0.15, -0.1) is 0 Å². The summed E-state index contributed by atoms with van der Waals surface area (Å²) in [5, 5.41) is 0. The summed E-state index contributed by atoms with van der Waals surface area (Å²) >= 11 is 0. The first-order valence-electron chi connectivity index (χ1n) is 14.1. The fraction of sp³-hybridized carbons (Fsp3) is 0.344. The Morgan fingerprint density at radius 1 is 0.800 bits per heavy atom. The SMILES string of the molecule is CC(C)(C)OC(=O)N(C(=O)OCC1c2ccccc2-c2ccccc21)[C@@H](CCCCN)C(=O)Oc1c(F)c(F)c(F)c(F)c1F. The van der Waals surface area contributed by atoms with Crippen LogP contribution < -0.4 is 10.5 Å². The van der Waals surface area contributed by atoms with Crippen LogP contribution in [0.4, 0.5) is 31.5 Å². The Morgan fingerprint density at radius 2 is 1.31 bits per heavy atom. The maximum absolute atomic E-state index is 14.4. The minimum atomic E-state index is -2.46. The molecule has 45 heavy (non-hydrogen) atoms. The standard InChI is InChI=1S/C32H31F5N2O6/c1-32(2,3)45-31(42)39(30(41)43-16-21-19-12-6-4-10-17(19)18-11-5-7-13-20(18)21)22(14-8-9-15-38)29(40)44-28-26(36)24(34)23(33)25(35)27(28)37/h4-7,10-13,21-22H,8-9,14-16,38H2,1-3H3/t22-/m0/s1. The summed E-state index contributed by atoms with van der Waals surface area (Å²) in [5.41, 5.74) is 7.89. The van der Waals surface area contributed by atoms with Crippen LogP contribution in [0, 0.1) is 29.1 Å². The molecule has 3 aromatic rings. The number of rotatable bonds is 9. The molecule has 4 rings (SSSR count). The van der Waals surface area contributed by atoms with Crippen LogP contribution in [-0.4, -0.2) is 47.9 Å². The van der Waals surface area contributed by atoms with E-state index in [1.165, 1.54) is 20.8 Å². The smallest absolute Gasteiger partial charge is 0.420 e. The first-order valence-corrected chi connectivity index (χ1v) is 14.1. The van der Waals surface area contributed by atoms with Crippen LogP contribution in [0.15, 0.2) is 48.5 Å². The minimum absolute atomic E-state index is 0.0866. The Labute approximate surface area is 255 Å². The molecule has 0 fully saturated rings. The molecule has 1 atom stereocenters. The highest BCUT2D eigenvalue weighted by atomic mass is 19.2. The first-order chi connectivity index (χ1) is 21.3. The van der Waals surface area contributed by atoms with Crippen molar-refractivity contribution in [2.45, 2.75) is 57.6 Å². The molecule has 240 valence electrons. The van der Waals surface area contributed by atoms with E-state index in [9.17, 15) is 36.3 Å².